The van der Waals surface area contributed by atoms with Crippen LogP contribution in [0.2, 0.25) is 0 Å². The van der Waals surface area contributed by atoms with E-state index in [2.05, 4.69) is 33.0 Å². The average Bonchev–Trinajstić information content (AvgIpc) is 2.15. The van der Waals surface area contributed by atoms with E-state index < -0.39 is 5.60 Å². The second-order valence-electron chi connectivity index (χ2n) is 7.25. The first kappa shape index (κ1) is 15.0. The Balaban J connectivity index is 2.39. The summed E-state index contributed by atoms with van der Waals surface area (Å²) in [6.07, 6.45) is 5.89. The van der Waals surface area contributed by atoms with Gasteiger partial charge in [0.15, 0.2) is 0 Å². The molecule has 3 atom stereocenters. The Morgan fingerprint density at radius 2 is 1.82 bits per heavy atom. The summed E-state index contributed by atoms with van der Waals surface area (Å²) in [4.78, 5) is 0. The third kappa shape index (κ3) is 5.39. The van der Waals surface area contributed by atoms with Gasteiger partial charge < -0.3 is 10.4 Å². The molecular formula is C15H31NO. The van der Waals surface area contributed by atoms with Gasteiger partial charge in [0.05, 0.1) is 5.60 Å². The zero-order valence-electron chi connectivity index (χ0n) is 12.3. The molecule has 0 aliphatic heterocycles. The molecule has 1 aliphatic carbocycles. The minimum atomic E-state index is -0.493. The second-order valence-corrected chi connectivity index (χ2v) is 7.25. The number of nitrogens with one attached hydrogen (secondary N) is 1. The van der Waals surface area contributed by atoms with E-state index in [4.69, 9.17) is 0 Å². The first-order valence-corrected chi connectivity index (χ1v) is 7.18. The average molecular weight is 241 g/mol. The molecule has 0 saturated heterocycles. The predicted molar refractivity (Wildman–Crippen MR) is 74.1 cm³/mol. The van der Waals surface area contributed by atoms with Gasteiger partial charge in [-0.2, -0.15) is 0 Å². The molecule has 0 radical (unpaired) electrons. The zero-order valence-corrected chi connectivity index (χ0v) is 12.3. The maximum atomic E-state index is 10.6. The Bertz CT molecular complexity index is 230. The van der Waals surface area contributed by atoms with E-state index >= 15 is 0 Å². The first-order valence-electron chi connectivity index (χ1n) is 7.18. The molecule has 0 spiro atoms. The summed E-state index contributed by atoms with van der Waals surface area (Å²) in [6, 6.07) is 0. The molecule has 0 aromatic rings. The lowest BCUT2D eigenvalue weighted by atomic mass is 9.73. The summed E-state index contributed by atoms with van der Waals surface area (Å²) in [6.45, 7) is 11.8. The molecule has 1 aliphatic rings. The molecule has 0 bridgehead atoms. The van der Waals surface area contributed by atoms with E-state index in [9.17, 15) is 5.11 Å². The van der Waals surface area contributed by atoms with Gasteiger partial charge in [-0.05, 0) is 65.3 Å². The number of aliphatic hydroxyl groups is 1. The molecule has 17 heavy (non-hydrogen) atoms. The first-order chi connectivity index (χ1) is 7.71. The Labute approximate surface area is 107 Å². The molecule has 2 heteroatoms. The van der Waals surface area contributed by atoms with Crippen LogP contribution in [-0.4, -0.2) is 22.8 Å². The van der Waals surface area contributed by atoms with E-state index in [-0.39, 0.29) is 5.54 Å². The number of hydrogen-bond acceptors (Lipinski definition) is 2. The highest BCUT2D eigenvalue weighted by Crippen LogP contribution is 2.37. The molecule has 1 rings (SSSR count). The maximum absolute atomic E-state index is 10.6. The van der Waals surface area contributed by atoms with E-state index in [0.717, 1.165) is 18.9 Å². The second kappa shape index (κ2) is 5.71. The van der Waals surface area contributed by atoms with Gasteiger partial charge in [-0.3, -0.25) is 0 Å². The number of hydrogen-bond donors (Lipinski definition) is 2. The topological polar surface area (TPSA) is 32.3 Å². The molecule has 2 nitrogen and oxygen atoms in total. The van der Waals surface area contributed by atoms with Crippen LogP contribution < -0.4 is 5.32 Å². The van der Waals surface area contributed by atoms with Crippen LogP contribution in [0.5, 0.6) is 0 Å². The summed E-state index contributed by atoms with van der Waals surface area (Å²) in [7, 11) is 0. The van der Waals surface area contributed by atoms with Gasteiger partial charge in [0.25, 0.3) is 0 Å². The van der Waals surface area contributed by atoms with E-state index in [1.54, 1.807) is 0 Å². The van der Waals surface area contributed by atoms with Crippen LogP contribution in [0.15, 0.2) is 0 Å². The van der Waals surface area contributed by atoms with Crippen LogP contribution in [0.25, 0.3) is 0 Å². The highest BCUT2D eigenvalue weighted by atomic mass is 16.3. The quantitative estimate of drug-likeness (QED) is 0.791. The van der Waals surface area contributed by atoms with Crippen molar-refractivity contribution in [1.82, 2.24) is 5.32 Å². The summed E-state index contributed by atoms with van der Waals surface area (Å²) in [5.74, 6) is 1.28. The smallest absolute Gasteiger partial charge is 0.0660 e. The molecule has 1 saturated carbocycles. The maximum Gasteiger partial charge on any atom is 0.0660 e. The predicted octanol–water partition coefficient (Wildman–Crippen LogP) is 3.34. The summed E-state index contributed by atoms with van der Waals surface area (Å²) in [5, 5.41) is 14.1. The molecule has 3 unspecified atom stereocenters. The van der Waals surface area contributed by atoms with Crippen LogP contribution in [0.1, 0.15) is 66.7 Å². The van der Waals surface area contributed by atoms with Crippen LogP contribution >= 0.6 is 0 Å². The lowest BCUT2D eigenvalue weighted by Crippen LogP contribution is -2.43. The van der Waals surface area contributed by atoms with Crippen molar-refractivity contribution < 1.29 is 5.11 Å². The zero-order chi connectivity index (χ0) is 13.1. The molecule has 2 N–H and O–H groups in total. The molecule has 1 fully saturated rings. The van der Waals surface area contributed by atoms with E-state index in [0.29, 0.717) is 5.92 Å². The largest absolute Gasteiger partial charge is 0.390 e. The van der Waals surface area contributed by atoms with Crippen LogP contribution in [0.4, 0.5) is 0 Å². The monoisotopic (exact) mass is 241 g/mol. The molecule has 0 aromatic heterocycles. The highest BCUT2D eigenvalue weighted by molar-refractivity contribution is 4.87. The summed E-state index contributed by atoms with van der Waals surface area (Å²) >= 11 is 0. The van der Waals surface area contributed by atoms with E-state index in [1.165, 1.54) is 25.7 Å². The Hall–Kier alpha value is -0.0800. The SMILES string of the molecule is CC1CCCC(C(C)(O)CCNC(C)(C)C)C1. The van der Waals surface area contributed by atoms with Crippen LogP contribution in [0.3, 0.4) is 0 Å². The van der Waals surface area contributed by atoms with Crippen molar-refractivity contribution in [2.75, 3.05) is 6.54 Å². The van der Waals surface area contributed by atoms with Crippen molar-refractivity contribution in [1.29, 1.82) is 0 Å². The molecule has 102 valence electrons. The molecule has 0 heterocycles. The van der Waals surface area contributed by atoms with E-state index in [1.807, 2.05) is 6.92 Å². The Kier molecular flexibility index (Phi) is 5.03. The normalized spacial score (nSPS) is 30.0. The van der Waals surface area contributed by atoms with Crippen molar-refractivity contribution in [3.05, 3.63) is 0 Å². The van der Waals surface area contributed by atoms with Gasteiger partial charge in [-0.1, -0.05) is 19.8 Å². The Morgan fingerprint density at radius 1 is 1.18 bits per heavy atom. The van der Waals surface area contributed by atoms with Gasteiger partial charge in [0.1, 0.15) is 0 Å². The van der Waals surface area contributed by atoms with Crippen molar-refractivity contribution in [3.8, 4) is 0 Å². The van der Waals surface area contributed by atoms with Crippen LogP contribution in [0, 0.1) is 11.8 Å². The minimum Gasteiger partial charge on any atom is -0.390 e. The standard InChI is InChI=1S/C15H31NO/c1-12-7-6-8-13(11-12)15(5,17)9-10-16-14(2,3)4/h12-13,16-17H,6-11H2,1-5H3. The van der Waals surface area contributed by atoms with Crippen LogP contribution in [-0.2, 0) is 0 Å². The lowest BCUT2D eigenvalue weighted by Gasteiger charge is -2.38. The third-order valence-corrected chi connectivity index (χ3v) is 4.10. The fourth-order valence-electron chi connectivity index (χ4n) is 2.89. The molecular weight excluding hydrogens is 210 g/mol. The van der Waals surface area contributed by atoms with Crippen molar-refractivity contribution in [2.24, 2.45) is 11.8 Å². The summed E-state index contributed by atoms with van der Waals surface area (Å²) < 4.78 is 0. The summed E-state index contributed by atoms with van der Waals surface area (Å²) in [5.41, 5.74) is -0.344. The third-order valence-electron chi connectivity index (χ3n) is 4.10. The fourth-order valence-corrected chi connectivity index (χ4v) is 2.89. The van der Waals surface area contributed by atoms with Gasteiger partial charge in [0.2, 0.25) is 0 Å². The van der Waals surface area contributed by atoms with Gasteiger partial charge in [-0.25, -0.2) is 0 Å². The Morgan fingerprint density at radius 3 is 2.35 bits per heavy atom. The molecule has 0 aromatic carbocycles. The lowest BCUT2D eigenvalue weighted by molar-refractivity contribution is -0.0312. The van der Waals surface area contributed by atoms with Gasteiger partial charge in [0, 0.05) is 5.54 Å². The highest BCUT2D eigenvalue weighted by Gasteiger charge is 2.34. The van der Waals surface area contributed by atoms with Crippen molar-refractivity contribution >= 4 is 0 Å². The van der Waals surface area contributed by atoms with Crippen molar-refractivity contribution in [3.63, 3.8) is 0 Å². The van der Waals surface area contributed by atoms with Gasteiger partial charge in [-0.15, -0.1) is 0 Å². The molecule has 0 amide bonds. The van der Waals surface area contributed by atoms with Crippen molar-refractivity contribution in [2.45, 2.75) is 77.9 Å². The number of rotatable bonds is 4. The van der Waals surface area contributed by atoms with Gasteiger partial charge >= 0.3 is 0 Å². The minimum absolute atomic E-state index is 0.149. The fraction of sp³-hybridized carbons (Fsp3) is 1.00.